The van der Waals surface area contributed by atoms with Gasteiger partial charge in [0.15, 0.2) is 10.8 Å². The first-order chi connectivity index (χ1) is 9.74. The normalized spacial score (nSPS) is 11.5. The van der Waals surface area contributed by atoms with E-state index in [9.17, 15) is 0 Å². The van der Waals surface area contributed by atoms with Crippen molar-refractivity contribution in [1.82, 2.24) is 30.0 Å². The molecule has 0 aliphatic carbocycles. The van der Waals surface area contributed by atoms with Crippen LogP contribution in [0.2, 0.25) is 5.02 Å². The predicted molar refractivity (Wildman–Crippen MR) is 73.7 cm³/mol. The molecule has 1 N–H and O–H groups in total. The number of hydrogen-bond acceptors (Lipinski definition) is 6. The molecule has 4 aromatic rings. The van der Waals surface area contributed by atoms with Gasteiger partial charge in [0.2, 0.25) is 10.8 Å². The van der Waals surface area contributed by atoms with Crippen molar-refractivity contribution < 1.29 is 4.42 Å². The standard InChI is InChI=1S/C11H7ClN6OS/c1-5-7(12)8(14-13-5)10-17-18-9(6-3-2-4-19-6)15-16-11(18)20-10/h2-4H,1H3,(H,13,14). The first-order valence-electron chi connectivity index (χ1n) is 5.71. The van der Waals surface area contributed by atoms with Crippen molar-refractivity contribution in [3.8, 4) is 22.3 Å². The lowest BCUT2D eigenvalue weighted by Gasteiger charge is -1.91. The zero-order valence-electron chi connectivity index (χ0n) is 10.2. The fourth-order valence-corrected chi connectivity index (χ4v) is 2.89. The lowest BCUT2D eigenvalue weighted by Crippen LogP contribution is -1.89. The summed E-state index contributed by atoms with van der Waals surface area (Å²) in [5.41, 5.74) is 1.42. The van der Waals surface area contributed by atoms with E-state index in [4.69, 9.17) is 16.0 Å². The first kappa shape index (κ1) is 11.6. The summed E-state index contributed by atoms with van der Waals surface area (Å²) in [5, 5.41) is 20.8. The van der Waals surface area contributed by atoms with Crippen LogP contribution in [0.4, 0.5) is 0 Å². The van der Waals surface area contributed by atoms with Crippen molar-refractivity contribution >= 4 is 27.9 Å². The number of aromatic amines is 1. The van der Waals surface area contributed by atoms with Crippen LogP contribution in [0.25, 0.3) is 27.2 Å². The molecule has 0 fully saturated rings. The second-order valence-corrected chi connectivity index (χ2v) is 5.45. The third-order valence-corrected chi connectivity index (χ3v) is 4.18. The van der Waals surface area contributed by atoms with E-state index in [-0.39, 0.29) is 0 Å². The lowest BCUT2D eigenvalue weighted by molar-refractivity contribution is 0.575. The SMILES string of the molecule is Cc1[nH]nc(-c2nn3c(-c4ccco4)nnc3s2)c1Cl. The summed E-state index contributed by atoms with van der Waals surface area (Å²) in [6.45, 7) is 1.85. The lowest BCUT2D eigenvalue weighted by atomic mass is 10.4. The summed E-state index contributed by atoms with van der Waals surface area (Å²) in [6, 6.07) is 3.60. The summed E-state index contributed by atoms with van der Waals surface area (Å²) in [5.74, 6) is 1.16. The first-order valence-corrected chi connectivity index (χ1v) is 6.90. The molecule has 0 unspecified atom stereocenters. The zero-order valence-corrected chi connectivity index (χ0v) is 11.7. The molecule has 9 heteroatoms. The molecule has 0 aromatic carbocycles. The van der Waals surface area contributed by atoms with E-state index in [0.717, 1.165) is 5.69 Å². The largest absolute Gasteiger partial charge is 0.461 e. The number of rotatable bonds is 2. The maximum absolute atomic E-state index is 6.19. The van der Waals surface area contributed by atoms with Crippen LogP contribution >= 0.6 is 22.9 Å². The van der Waals surface area contributed by atoms with Crippen molar-refractivity contribution in [3.05, 3.63) is 29.1 Å². The molecular formula is C11H7ClN6OS. The monoisotopic (exact) mass is 306 g/mol. The molecule has 0 amide bonds. The van der Waals surface area contributed by atoms with Crippen LogP contribution in [0.3, 0.4) is 0 Å². The number of H-pyrrole nitrogens is 1. The Hall–Kier alpha value is -2.19. The third-order valence-electron chi connectivity index (χ3n) is 2.81. The number of fused-ring (bicyclic) bond motifs is 1. The van der Waals surface area contributed by atoms with Gasteiger partial charge in [0.05, 0.1) is 17.0 Å². The molecule has 4 rings (SSSR count). The maximum Gasteiger partial charge on any atom is 0.235 e. The highest BCUT2D eigenvalue weighted by Gasteiger charge is 2.19. The van der Waals surface area contributed by atoms with Crippen molar-refractivity contribution in [1.29, 1.82) is 0 Å². The van der Waals surface area contributed by atoms with Crippen LogP contribution in [-0.4, -0.2) is 30.0 Å². The van der Waals surface area contributed by atoms with Gasteiger partial charge in [-0.3, -0.25) is 5.10 Å². The predicted octanol–water partition coefficient (Wildman–Crippen LogP) is 2.80. The van der Waals surface area contributed by atoms with Gasteiger partial charge in [-0.1, -0.05) is 22.9 Å². The molecule has 20 heavy (non-hydrogen) atoms. The van der Waals surface area contributed by atoms with Crippen molar-refractivity contribution in [2.75, 3.05) is 0 Å². The van der Waals surface area contributed by atoms with Crippen molar-refractivity contribution in [2.24, 2.45) is 0 Å². The van der Waals surface area contributed by atoms with E-state index in [1.54, 1.807) is 22.9 Å². The molecule has 0 aliphatic rings. The minimum Gasteiger partial charge on any atom is -0.461 e. The van der Waals surface area contributed by atoms with Gasteiger partial charge in [-0.15, -0.1) is 10.2 Å². The number of nitrogens with zero attached hydrogens (tertiary/aromatic N) is 5. The van der Waals surface area contributed by atoms with Crippen LogP contribution in [0.1, 0.15) is 5.69 Å². The molecule has 0 radical (unpaired) electrons. The van der Waals surface area contributed by atoms with Crippen molar-refractivity contribution in [3.63, 3.8) is 0 Å². The molecule has 100 valence electrons. The Morgan fingerprint density at radius 2 is 2.30 bits per heavy atom. The highest BCUT2D eigenvalue weighted by molar-refractivity contribution is 7.19. The minimum atomic E-state index is 0.552. The van der Waals surface area contributed by atoms with E-state index >= 15 is 0 Å². The quantitative estimate of drug-likeness (QED) is 0.615. The van der Waals surface area contributed by atoms with Gasteiger partial charge >= 0.3 is 0 Å². The van der Waals surface area contributed by atoms with Crippen LogP contribution in [0.5, 0.6) is 0 Å². The molecule has 7 nitrogen and oxygen atoms in total. The van der Waals surface area contributed by atoms with Gasteiger partial charge in [-0.2, -0.15) is 14.7 Å². The molecule has 4 aromatic heterocycles. The highest BCUT2D eigenvalue weighted by atomic mass is 35.5. The van der Waals surface area contributed by atoms with E-state index in [0.29, 0.717) is 32.3 Å². The summed E-state index contributed by atoms with van der Waals surface area (Å²) in [7, 11) is 0. The van der Waals surface area contributed by atoms with Gasteiger partial charge in [-0.25, -0.2) is 0 Å². The molecular weight excluding hydrogens is 300 g/mol. The molecule has 0 saturated carbocycles. The van der Waals surface area contributed by atoms with Crippen LogP contribution < -0.4 is 0 Å². The second kappa shape index (κ2) is 4.15. The smallest absolute Gasteiger partial charge is 0.235 e. The topological polar surface area (TPSA) is 84.9 Å². The van der Waals surface area contributed by atoms with Gasteiger partial charge in [0.1, 0.15) is 5.69 Å². The Kier molecular flexibility index (Phi) is 2.41. The fraction of sp³-hybridized carbons (Fsp3) is 0.0909. The van der Waals surface area contributed by atoms with Crippen molar-refractivity contribution in [2.45, 2.75) is 6.92 Å². The molecule has 0 spiro atoms. The Morgan fingerprint density at radius 3 is 3.00 bits per heavy atom. The highest BCUT2D eigenvalue weighted by Crippen LogP contribution is 2.32. The van der Waals surface area contributed by atoms with Crippen LogP contribution in [0, 0.1) is 6.92 Å². The Labute approximate surface area is 121 Å². The molecule has 0 atom stereocenters. The average Bonchev–Trinajstić information content (AvgIpc) is 3.15. The molecule has 4 heterocycles. The Balaban J connectivity index is 1.90. The third kappa shape index (κ3) is 1.58. The molecule has 0 saturated heterocycles. The van der Waals surface area contributed by atoms with E-state index in [2.05, 4.69) is 25.5 Å². The van der Waals surface area contributed by atoms with Gasteiger partial charge in [0.25, 0.3) is 0 Å². The van der Waals surface area contributed by atoms with Crippen LogP contribution in [-0.2, 0) is 0 Å². The fourth-order valence-electron chi connectivity index (χ4n) is 1.83. The summed E-state index contributed by atoms with van der Waals surface area (Å²) < 4.78 is 6.95. The van der Waals surface area contributed by atoms with Crippen LogP contribution in [0.15, 0.2) is 22.8 Å². The second-order valence-electron chi connectivity index (χ2n) is 4.11. The Morgan fingerprint density at radius 1 is 1.40 bits per heavy atom. The molecule has 0 bridgehead atoms. The number of hydrogen-bond donors (Lipinski definition) is 1. The number of aryl methyl sites for hydroxylation is 1. The maximum atomic E-state index is 6.19. The minimum absolute atomic E-state index is 0.552. The van der Waals surface area contributed by atoms with E-state index in [1.165, 1.54) is 11.3 Å². The van der Waals surface area contributed by atoms with E-state index < -0.39 is 0 Å². The summed E-state index contributed by atoms with van der Waals surface area (Å²) in [4.78, 5) is 0.656. The average molecular weight is 307 g/mol. The zero-order chi connectivity index (χ0) is 13.7. The van der Waals surface area contributed by atoms with E-state index in [1.807, 2.05) is 6.92 Å². The van der Waals surface area contributed by atoms with Gasteiger partial charge in [0, 0.05) is 0 Å². The number of halogens is 1. The Bertz CT molecular complexity index is 890. The van der Waals surface area contributed by atoms with Gasteiger partial charge in [-0.05, 0) is 19.1 Å². The van der Waals surface area contributed by atoms with Gasteiger partial charge < -0.3 is 4.42 Å². The summed E-state index contributed by atoms with van der Waals surface area (Å²) in [6.07, 6.45) is 1.58. The number of nitrogens with one attached hydrogen (secondary N) is 1. The number of aromatic nitrogens is 6. The molecule has 0 aliphatic heterocycles. The number of furan rings is 1. The summed E-state index contributed by atoms with van der Waals surface area (Å²) >= 11 is 7.55.